The topological polar surface area (TPSA) is 18.5 Å². The first-order valence-corrected chi connectivity index (χ1v) is 8.87. The Morgan fingerprint density at radius 2 is 1.86 bits per heavy atom. The van der Waals surface area contributed by atoms with Crippen LogP contribution in [0.15, 0.2) is 0 Å². The molecule has 2 unspecified atom stereocenters. The number of rotatable bonds is 8. The van der Waals surface area contributed by atoms with E-state index < -0.39 is 0 Å². The zero-order valence-corrected chi connectivity index (χ0v) is 15.6. The average molecular weight is 298 g/mol. The van der Waals surface area contributed by atoms with Gasteiger partial charge in [-0.1, -0.05) is 34.6 Å². The molecule has 1 saturated carbocycles. The third-order valence-corrected chi connectivity index (χ3v) is 4.73. The smallest absolute Gasteiger partial charge is 0.0255 e. The minimum absolute atomic E-state index is 0.490. The van der Waals surface area contributed by atoms with Gasteiger partial charge in [0.15, 0.2) is 0 Å². The van der Waals surface area contributed by atoms with E-state index in [2.05, 4.69) is 63.8 Å². The zero-order chi connectivity index (χ0) is 16.0. The molecular formula is C18H39N3. The molecule has 0 heterocycles. The normalized spacial score (nSPS) is 26.0. The van der Waals surface area contributed by atoms with Gasteiger partial charge in [0.05, 0.1) is 0 Å². The highest BCUT2D eigenvalue weighted by atomic mass is 15.2. The first kappa shape index (κ1) is 18.9. The molecule has 1 fully saturated rings. The highest BCUT2D eigenvalue weighted by molar-refractivity contribution is 4.94. The molecule has 3 heteroatoms. The summed E-state index contributed by atoms with van der Waals surface area (Å²) in [5, 5.41) is 3.76. The summed E-state index contributed by atoms with van der Waals surface area (Å²) in [6.45, 7) is 16.5. The predicted molar refractivity (Wildman–Crippen MR) is 93.8 cm³/mol. The monoisotopic (exact) mass is 297 g/mol. The van der Waals surface area contributed by atoms with Gasteiger partial charge in [0.2, 0.25) is 0 Å². The number of nitrogens with one attached hydrogen (secondary N) is 1. The highest BCUT2D eigenvalue weighted by Gasteiger charge is 2.37. The molecule has 1 N–H and O–H groups in total. The Hall–Kier alpha value is -0.120. The molecule has 1 aliphatic rings. The summed E-state index contributed by atoms with van der Waals surface area (Å²) in [5.41, 5.74) is 0.490. The van der Waals surface area contributed by atoms with Gasteiger partial charge in [0, 0.05) is 31.7 Å². The van der Waals surface area contributed by atoms with Crippen LogP contribution in [0.1, 0.15) is 53.9 Å². The first-order chi connectivity index (χ1) is 9.75. The van der Waals surface area contributed by atoms with Crippen molar-refractivity contribution in [1.82, 2.24) is 15.1 Å². The van der Waals surface area contributed by atoms with Crippen molar-refractivity contribution >= 4 is 0 Å². The molecule has 0 radical (unpaired) electrons. The van der Waals surface area contributed by atoms with Gasteiger partial charge in [-0.25, -0.2) is 0 Å². The average Bonchev–Trinajstić information content (AvgIpc) is 2.36. The Morgan fingerprint density at radius 1 is 1.19 bits per heavy atom. The van der Waals surface area contributed by atoms with Crippen LogP contribution in [0.4, 0.5) is 0 Å². The maximum absolute atomic E-state index is 3.76. The molecule has 0 aromatic heterocycles. The minimum Gasteiger partial charge on any atom is -0.313 e. The summed E-state index contributed by atoms with van der Waals surface area (Å²) in [5.74, 6) is 0.736. The van der Waals surface area contributed by atoms with E-state index in [1.165, 1.54) is 32.4 Å². The van der Waals surface area contributed by atoms with Crippen LogP contribution in [0.2, 0.25) is 0 Å². The fourth-order valence-corrected chi connectivity index (χ4v) is 3.62. The standard InChI is InChI=1S/C18H39N3/c1-8-19-16-9-10-18(4,5)13-17(16)21(14-15(2)3)12-11-20(6)7/h15-17,19H,8-14H2,1-7H3. The second-order valence-corrected chi connectivity index (χ2v) is 8.33. The SMILES string of the molecule is CCNC1CCC(C)(C)CC1N(CCN(C)C)CC(C)C. The van der Waals surface area contributed by atoms with Gasteiger partial charge in [-0.3, -0.25) is 4.90 Å². The van der Waals surface area contributed by atoms with Crippen molar-refractivity contribution in [2.45, 2.75) is 66.0 Å². The molecule has 0 saturated heterocycles. The summed E-state index contributed by atoms with van der Waals surface area (Å²) in [7, 11) is 4.36. The Bertz CT molecular complexity index is 286. The summed E-state index contributed by atoms with van der Waals surface area (Å²) in [6, 6.07) is 1.36. The van der Waals surface area contributed by atoms with Crippen LogP contribution in [0.5, 0.6) is 0 Å². The highest BCUT2D eigenvalue weighted by Crippen LogP contribution is 2.37. The van der Waals surface area contributed by atoms with E-state index in [1.54, 1.807) is 0 Å². The van der Waals surface area contributed by atoms with Crippen molar-refractivity contribution in [2.24, 2.45) is 11.3 Å². The minimum atomic E-state index is 0.490. The number of likely N-dealkylation sites (N-methyl/N-ethyl adjacent to an activating group) is 2. The van der Waals surface area contributed by atoms with Crippen molar-refractivity contribution in [2.75, 3.05) is 40.3 Å². The maximum Gasteiger partial charge on any atom is 0.0255 e. The Balaban J connectivity index is 2.80. The summed E-state index contributed by atoms with van der Waals surface area (Å²) < 4.78 is 0. The molecule has 1 aliphatic carbocycles. The summed E-state index contributed by atoms with van der Waals surface area (Å²) in [4.78, 5) is 5.07. The van der Waals surface area contributed by atoms with E-state index >= 15 is 0 Å². The van der Waals surface area contributed by atoms with Crippen molar-refractivity contribution < 1.29 is 0 Å². The largest absolute Gasteiger partial charge is 0.313 e. The van der Waals surface area contributed by atoms with Crippen LogP contribution in [-0.4, -0.2) is 62.2 Å². The quantitative estimate of drug-likeness (QED) is 0.743. The molecule has 0 aliphatic heterocycles. The molecule has 0 amide bonds. The molecule has 0 spiro atoms. The van der Waals surface area contributed by atoms with Gasteiger partial charge in [-0.2, -0.15) is 0 Å². The van der Waals surface area contributed by atoms with Gasteiger partial charge in [-0.15, -0.1) is 0 Å². The van der Waals surface area contributed by atoms with Crippen LogP contribution in [0.25, 0.3) is 0 Å². The summed E-state index contributed by atoms with van der Waals surface area (Å²) in [6.07, 6.45) is 4.00. The van der Waals surface area contributed by atoms with Gasteiger partial charge in [0.25, 0.3) is 0 Å². The first-order valence-electron chi connectivity index (χ1n) is 8.87. The molecule has 1 rings (SSSR count). The second kappa shape index (κ2) is 8.50. The van der Waals surface area contributed by atoms with Crippen molar-refractivity contribution in [1.29, 1.82) is 0 Å². The lowest BCUT2D eigenvalue weighted by Gasteiger charge is -2.47. The van der Waals surface area contributed by atoms with Crippen LogP contribution in [-0.2, 0) is 0 Å². The fraction of sp³-hybridized carbons (Fsp3) is 1.00. The van der Waals surface area contributed by atoms with Crippen LogP contribution in [0.3, 0.4) is 0 Å². The number of hydrogen-bond acceptors (Lipinski definition) is 3. The Labute approximate surface area is 133 Å². The third kappa shape index (κ3) is 6.66. The molecule has 0 bridgehead atoms. The fourth-order valence-electron chi connectivity index (χ4n) is 3.62. The van der Waals surface area contributed by atoms with Gasteiger partial charge in [-0.05, 0) is 51.2 Å². The molecule has 21 heavy (non-hydrogen) atoms. The van der Waals surface area contributed by atoms with Crippen LogP contribution in [0, 0.1) is 11.3 Å². The second-order valence-electron chi connectivity index (χ2n) is 8.33. The molecule has 2 atom stereocenters. The van der Waals surface area contributed by atoms with E-state index in [4.69, 9.17) is 0 Å². The molecular weight excluding hydrogens is 258 g/mol. The van der Waals surface area contributed by atoms with Crippen molar-refractivity contribution in [3.8, 4) is 0 Å². The lowest BCUT2D eigenvalue weighted by atomic mass is 9.72. The molecule has 126 valence electrons. The van der Waals surface area contributed by atoms with Crippen molar-refractivity contribution in [3.05, 3.63) is 0 Å². The summed E-state index contributed by atoms with van der Waals surface area (Å²) >= 11 is 0. The maximum atomic E-state index is 3.76. The van der Waals surface area contributed by atoms with E-state index in [0.717, 1.165) is 19.0 Å². The zero-order valence-electron chi connectivity index (χ0n) is 15.6. The van der Waals surface area contributed by atoms with Gasteiger partial charge >= 0.3 is 0 Å². The Kier molecular flexibility index (Phi) is 7.66. The number of hydrogen-bond donors (Lipinski definition) is 1. The van der Waals surface area contributed by atoms with Gasteiger partial charge < -0.3 is 10.2 Å². The lowest BCUT2D eigenvalue weighted by Crippen LogP contribution is -2.56. The van der Waals surface area contributed by atoms with E-state index in [1.807, 2.05) is 0 Å². The predicted octanol–water partition coefficient (Wildman–Crippen LogP) is 3.06. The van der Waals surface area contributed by atoms with E-state index in [0.29, 0.717) is 17.5 Å². The van der Waals surface area contributed by atoms with Crippen LogP contribution < -0.4 is 5.32 Å². The lowest BCUT2D eigenvalue weighted by molar-refractivity contribution is 0.0534. The van der Waals surface area contributed by atoms with Crippen molar-refractivity contribution in [3.63, 3.8) is 0 Å². The third-order valence-electron chi connectivity index (χ3n) is 4.73. The van der Waals surface area contributed by atoms with E-state index in [-0.39, 0.29) is 0 Å². The van der Waals surface area contributed by atoms with Crippen LogP contribution >= 0.6 is 0 Å². The Morgan fingerprint density at radius 3 is 2.38 bits per heavy atom. The number of nitrogens with zero attached hydrogens (tertiary/aromatic N) is 2. The van der Waals surface area contributed by atoms with E-state index in [9.17, 15) is 0 Å². The van der Waals surface area contributed by atoms with Gasteiger partial charge in [0.1, 0.15) is 0 Å². The molecule has 0 aromatic carbocycles. The molecule has 0 aromatic rings. The molecule has 3 nitrogen and oxygen atoms in total.